The molecular weight excluding hydrogens is 344 g/mol. The van der Waals surface area contributed by atoms with E-state index >= 15 is 0 Å². The minimum atomic E-state index is -0.177. The minimum absolute atomic E-state index is 0.142. The lowest BCUT2D eigenvalue weighted by Gasteiger charge is -2.37. The number of allylic oxidation sites excluding steroid dienone is 3. The molecule has 2 fully saturated rings. The second kappa shape index (κ2) is 14.0. The van der Waals surface area contributed by atoms with Gasteiger partial charge < -0.3 is 4.74 Å². The molecule has 2 saturated carbocycles. The Morgan fingerprint density at radius 2 is 1.46 bits per heavy atom. The normalized spacial score (nSPS) is 28.8. The molecule has 0 unspecified atom stereocenters. The molecule has 2 nitrogen and oxygen atoms in total. The maximum atomic E-state index is 11.9. The summed E-state index contributed by atoms with van der Waals surface area (Å²) in [6.07, 6.45) is 27.4. The SMILES string of the molecule is CCC=CC=CC(=O)OC1CCC(C2CCC(CCCCCCC)CC2)CC1. The molecule has 0 saturated heterocycles. The number of carbonyl (C=O) groups excluding carboxylic acids is 1. The van der Waals surface area contributed by atoms with Gasteiger partial charge in [-0.15, -0.1) is 0 Å². The minimum Gasteiger partial charge on any atom is -0.459 e. The van der Waals surface area contributed by atoms with E-state index in [-0.39, 0.29) is 12.1 Å². The summed E-state index contributed by atoms with van der Waals surface area (Å²) < 4.78 is 5.64. The van der Waals surface area contributed by atoms with Crippen LogP contribution >= 0.6 is 0 Å². The van der Waals surface area contributed by atoms with Gasteiger partial charge in [-0.1, -0.05) is 83.4 Å². The summed E-state index contributed by atoms with van der Waals surface area (Å²) in [5.41, 5.74) is 0. The number of ether oxygens (including phenoxy) is 1. The van der Waals surface area contributed by atoms with Gasteiger partial charge in [0.2, 0.25) is 0 Å². The van der Waals surface area contributed by atoms with Crippen LogP contribution in [-0.2, 0) is 9.53 Å². The second-order valence-electron chi connectivity index (χ2n) is 9.15. The fourth-order valence-electron chi connectivity index (χ4n) is 5.22. The highest BCUT2D eigenvalue weighted by molar-refractivity contribution is 5.82. The maximum absolute atomic E-state index is 11.9. The summed E-state index contributed by atoms with van der Waals surface area (Å²) in [5.74, 6) is 2.64. The Balaban J connectivity index is 1.58. The van der Waals surface area contributed by atoms with E-state index in [1.165, 1.54) is 77.0 Å². The molecule has 28 heavy (non-hydrogen) atoms. The fraction of sp³-hybridized carbons (Fsp3) is 0.808. The highest BCUT2D eigenvalue weighted by atomic mass is 16.5. The van der Waals surface area contributed by atoms with Crippen LogP contribution in [0.4, 0.5) is 0 Å². The van der Waals surface area contributed by atoms with E-state index < -0.39 is 0 Å². The molecule has 2 aliphatic carbocycles. The first-order valence-corrected chi connectivity index (χ1v) is 12.3. The second-order valence-corrected chi connectivity index (χ2v) is 9.15. The Kier molecular flexibility index (Phi) is 11.6. The van der Waals surface area contributed by atoms with Gasteiger partial charge in [-0.3, -0.25) is 0 Å². The van der Waals surface area contributed by atoms with Crippen LogP contribution in [0.25, 0.3) is 0 Å². The number of carbonyl (C=O) groups is 1. The first-order valence-electron chi connectivity index (χ1n) is 12.3. The van der Waals surface area contributed by atoms with Crippen LogP contribution in [0.15, 0.2) is 24.3 Å². The van der Waals surface area contributed by atoms with Gasteiger partial charge in [0.1, 0.15) is 6.10 Å². The monoisotopic (exact) mass is 388 g/mol. The Bertz CT molecular complexity index is 463. The van der Waals surface area contributed by atoms with Crippen molar-refractivity contribution in [3.05, 3.63) is 24.3 Å². The van der Waals surface area contributed by atoms with E-state index in [1.807, 2.05) is 12.2 Å². The molecule has 0 heterocycles. The first-order chi connectivity index (χ1) is 13.7. The maximum Gasteiger partial charge on any atom is 0.331 e. The van der Waals surface area contributed by atoms with Crippen LogP contribution in [0.3, 0.4) is 0 Å². The van der Waals surface area contributed by atoms with Gasteiger partial charge in [0, 0.05) is 6.08 Å². The first kappa shape index (κ1) is 23.2. The van der Waals surface area contributed by atoms with Gasteiger partial charge in [0.25, 0.3) is 0 Å². The van der Waals surface area contributed by atoms with Crippen LogP contribution < -0.4 is 0 Å². The molecule has 2 rings (SSSR count). The molecule has 0 spiro atoms. The van der Waals surface area contributed by atoms with E-state index in [2.05, 4.69) is 13.8 Å². The zero-order chi connectivity index (χ0) is 20.0. The lowest BCUT2D eigenvalue weighted by atomic mass is 9.70. The van der Waals surface area contributed by atoms with Gasteiger partial charge >= 0.3 is 5.97 Å². The number of hydrogen-bond acceptors (Lipinski definition) is 2. The average Bonchev–Trinajstić information content (AvgIpc) is 2.72. The molecule has 160 valence electrons. The molecule has 2 heteroatoms. The fourth-order valence-corrected chi connectivity index (χ4v) is 5.22. The van der Waals surface area contributed by atoms with E-state index in [9.17, 15) is 4.79 Å². The van der Waals surface area contributed by atoms with Gasteiger partial charge in [-0.25, -0.2) is 4.79 Å². The molecule has 0 aromatic rings. The van der Waals surface area contributed by atoms with Crippen LogP contribution in [0.1, 0.15) is 110 Å². The van der Waals surface area contributed by atoms with Crippen molar-refractivity contribution in [3.8, 4) is 0 Å². The van der Waals surface area contributed by atoms with Crippen LogP contribution in [-0.4, -0.2) is 12.1 Å². The molecule has 0 radical (unpaired) electrons. The zero-order valence-electron chi connectivity index (χ0n) is 18.5. The smallest absolute Gasteiger partial charge is 0.331 e. The Morgan fingerprint density at radius 3 is 2.11 bits per heavy atom. The summed E-state index contributed by atoms with van der Waals surface area (Å²) in [7, 11) is 0. The van der Waals surface area contributed by atoms with Gasteiger partial charge in [-0.05, 0) is 62.7 Å². The summed E-state index contributed by atoms with van der Waals surface area (Å²) >= 11 is 0. The van der Waals surface area contributed by atoms with Crippen molar-refractivity contribution in [2.45, 2.75) is 116 Å². The van der Waals surface area contributed by atoms with Crippen molar-refractivity contribution in [1.29, 1.82) is 0 Å². The van der Waals surface area contributed by atoms with Gasteiger partial charge in [-0.2, -0.15) is 0 Å². The number of unbranched alkanes of at least 4 members (excludes halogenated alkanes) is 4. The molecule has 0 amide bonds. The molecule has 0 aliphatic heterocycles. The third-order valence-electron chi connectivity index (χ3n) is 6.99. The highest BCUT2D eigenvalue weighted by Gasteiger charge is 2.31. The molecule has 2 aliphatic rings. The molecule has 0 N–H and O–H groups in total. The molecule has 0 aromatic heterocycles. The topological polar surface area (TPSA) is 26.3 Å². The Labute approximate surface area is 174 Å². The molecule has 0 aromatic carbocycles. The van der Waals surface area contributed by atoms with Crippen molar-refractivity contribution in [2.75, 3.05) is 0 Å². The lowest BCUT2D eigenvalue weighted by molar-refractivity contribution is -0.145. The third kappa shape index (κ3) is 8.97. The van der Waals surface area contributed by atoms with Crippen molar-refractivity contribution in [3.63, 3.8) is 0 Å². The third-order valence-corrected chi connectivity index (χ3v) is 6.99. The largest absolute Gasteiger partial charge is 0.459 e. The van der Waals surface area contributed by atoms with Crippen LogP contribution in [0, 0.1) is 17.8 Å². The number of esters is 1. The van der Waals surface area contributed by atoms with Crippen molar-refractivity contribution in [2.24, 2.45) is 17.8 Å². The van der Waals surface area contributed by atoms with E-state index in [4.69, 9.17) is 4.74 Å². The number of rotatable bonds is 11. The summed E-state index contributed by atoms with van der Waals surface area (Å²) in [6.45, 7) is 4.38. The Hall–Kier alpha value is -1.05. The highest BCUT2D eigenvalue weighted by Crippen LogP contribution is 2.41. The van der Waals surface area contributed by atoms with Crippen molar-refractivity contribution in [1.82, 2.24) is 0 Å². The number of hydrogen-bond donors (Lipinski definition) is 0. The summed E-state index contributed by atoms with van der Waals surface area (Å²) in [6, 6.07) is 0. The van der Waals surface area contributed by atoms with Gasteiger partial charge in [0.15, 0.2) is 0 Å². The van der Waals surface area contributed by atoms with E-state index in [0.29, 0.717) is 0 Å². The van der Waals surface area contributed by atoms with E-state index in [0.717, 1.165) is 37.0 Å². The lowest BCUT2D eigenvalue weighted by Crippen LogP contribution is -2.29. The Morgan fingerprint density at radius 1 is 0.821 bits per heavy atom. The predicted octanol–water partition coefficient (Wildman–Crippen LogP) is 7.78. The molecule has 0 atom stereocenters. The predicted molar refractivity (Wildman–Crippen MR) is 119 cm³/mol. The summed E-state index contributed by atoms with van der Waals surface area (Å²) in [4.78, 5) is 11.9. The summed E-state index contributed by atoms with van der Waals surface area (Å²) in [5, 5.41) is 0. The van der Waals surface area contributed by atoms with Crippen LogP contribution in [0.2, 0.25) is 0 Å². The molecular formula is C26H44O2. The van der Waals surface area contributed by atoms with Gasteiger partial charge in [0.05, 0.1) is 0 Å². The zero-order valence-corrected chi connectivity index (χ0v) is 18.5. The van der Waals surface area contributed by atoms with Crippen molar-refractivity contribution < 1.29 is 9.53 Å². The molecule has 0 bridgehead atoms. The van der Waals surface area contributed by atoms with Crippen molar-refractivity contribution >= 4 is 5.97 Å². The average molecular weight is 389 g/mol. The van der Waals surface area contributed by atoms with E-state index in [1.54, 1.807) is 12.2 Å². The standard InChI is InChI=1S/C26H44O2/c1-3-5-7-9-10-12-22-14-16-23(17-15-22)24-18-20-25(21-19-24)28-26(27)13-11-8-6-4-2/h6,8,11,13,22-25H,3-5,7,9-10,12,14-21H2,1-2H3. The van der Waals surface area contributed by atoms with Crippen LogP contribution in [0.5, 0.6) is 0 Å². The quantitative estimate of drug-likeness (QED) is 0.156.